The highest BCUT2D eigenvalue weighted by atomic mass is 16.5. The second kappa shape index (κ2) is 5.97. The summed E-state index contributed by atoms with van der Waals surface area (Å²) >= 11 is 0. The van der Waals surface area contributed by atoms with Crippen molar-refractivity contribution >= 4 is 5.69 Å². The molecule has 1 unspecified atom stereocenters. The lowest BCUT2D eigenvalue weighted by atomic mass is 9.99. The summed E-state index contributed by atoms with van der Waals surface area (Å²) in [7, 11) is 1.69. The smallest absolute Gasteiger partial charge is 0.119 e. The van der Waals surface area contributed by atoms with E-state index in [1.54, 1.807) is 7.11 Å². The molecule has 0 aromatic heterocycles. The van der Waals surface area contributed by atoms with Crippen LogP contribution in [0.15, 0.2) is 48.5 Å². The van der Waals surface area contributed by atoms with E-state index in [9.17, 15) is 0 Å². The van der Waals surface area contributed by atoms with Gasteiger partial charge >= 0.3 is 0 Å². The summed E-state index contributed by atoms with van der Waals surface area (Å²) in [6.07, 6.45) is 1.09. The third kappa shape index (κ3) is 2.78. The Kier molecular flexibility index (Phi) is 3.88. The first-order valence-corrected chi connectivity index (χ1v) is 7.06. The number of ether oxygens (including phenoxy) is 1. The Labute approximate surface area is 120 Å². The molecule has 0 amide bonds. The predicted octanol–water partition coefficient (Wildman–Crippen LogP) is 3.34. The van der Waals surface area contributed by atoms with Crippen LogP contribution in [0.4, 0.5) is 5.69 Å². The van der Waals surface area contributed by atoms with Gasteiger partial charge in [0.2, 0.25) is 0 Å². The van der Waals surface area contributed by atoms with Crippen LogP contribution in [0.2, 0.25) is 0 Å². The number of benzene rings is 2. The second-order valence-electron chi connectivity index (χ2n) is 5.09. The Bertz CT molecular complexity index is 565. The first-order valence-electron chi connectivity index (χ1n) is 7.06. The zero-order valence-corrected chi connectivity index (χ0v) is 11.7. The molecular weight excluding hydrogens is 248 g/mol. The maximum Gasteiger partial charge on any atom is 0.119 e. The molecule has 0 spiro atoms. The molecule has 1 aliphatic heterocycles. The van der Waals surface area contributed by atoms with Gasteiger partial charge in [0.05, 0.1) is 13.2 Å². The average Bonchev–Trinajstić information content (AvgIpc) is 2.71. The molecule has 3 rings (SSSR count). The molecule has 0 fully saturated rings. The number of hydrogen-bond acceptors (Lipinski definition) is 3. The van der Waals surface area contributed by atoms with E-state index in [2.05, 4.69) is 47.0 Å². The summed E-state index contributed by atoms with van der Waals surface area (Å²) in [4.78, 5) is 0. The highest BCUT2D eigenvalue weighted by molar-refractivity contribution is 5.49. The van der Waals surface area contributed by atoms with Crippen molar-refractivity contribution < 1.29 is 4.74 Å². The molecule has 1 aliphatic rings. The molecule has 2 aromatic rings. The quantitative estimate of drug-likeness (QED) is 0.895. The van der Waals surface area contributed by atoms with Crippen LogP contribution in [0, 0.1) is 0 Å². The van der Waals surface area contributed by atoms with Crippen molar-refractivity contribution in [2.45, 2.75) is 19.0 Å². The molecular formula is C17H20N2O. The molecule has 0 saturated carbocycles. The lowest BCUT2D eigenvalue weighted by Gasteiger charge is -2.20. The highest BCUT2D eigenvalue weighted by Gasteiger charge is 2.17. The third-order valence-corrected chi connectivity index (χ3v) is 3.79. The SMILES string of the molecule is COc1ccc(NC2CCNCc3ccccc32)cc1. The Balaban J connectivity index is 1.82. The fourth-order valence-electron chi connectivity index (χ4n) is 2.70. The van der Waals surface area contributed by atoms with Gasteiger partial charge < -0.3 is 15.4 Å². The van der Waals surface area contributed by atoms with E-state index in [0.717, 1.165) is 30.9 Å². The Hall–Kier alpha value is -2.00. The molecule has 0 radical (unpaired) electrons. The minimum Gasteiger partial charge on any atom is -0.497 e. The van der Waals surface area contributed by atoms with E-state index < -0.39 is 0 Å². The fraction of sp³-hybridized carbons (Fsp3) is 0.294. The summed E-state index contributed by atoms with van der Waals surface area (Å²) < 4.78 is 5.20. The predicted molar refractivity (Wildman–Crippen MR) is 82.1 cm³/mol. The number of fused-ring (bicyclic) bond motifs is 1. The van der Waals surface area contributed by atoms with Gasteiger partial charge in [0.1, 0.15) is 5.75 Å². The van der Waals surface area contributed by atoms with Crippen LogP contribution in [-0.2, 0) is 6.54 Å². The number of nitrogens with one attached hydrogen (secondary N) is 2. The minimum absolute atomic E-state index is 0.356. The molecule has 0 aliphatic carbocycles. The standard InChI is InChI=1S/C17H20N2O/c1-20-15-8-6-14(7-9-15)19-17-10-11-18-12-13-4-2-3-5-16(13)17/h2-9,17-19H,10-12H2,1H3. The molecule has 3 heteroatoms. The van der Waals surface area contributed by atoms with Gasteiger partial charge in [0.15, 0.2) is 0 Å². The normalized spacial score (nSPS) is 17.9. The molecule has 0 saturated heterocycles. The zero-order chi connectivity index (χ0) is 13.8. The Morgan fingerprint density at radius 3 is 2.70 bits per heavy atom. The molecule has 0 bridgehead atoms. The summed E-state index contributed by atoms with van der Waals surface area (Å²) in [5.41, 5.74) is 3.91. The number of rotatable bonds is 3. The first-order chi connectivity index (χ1) is 9.86. The zero-order valence-electron chi connectivity index (χ0n) is 11.7. The molecule has 20 heavy (non-hydrogen) atoms. The van der Waals surface area contributed by atoms with E-state index in [-0.39, 0.29) is 0 Å². The van der Waals surface area contributed by atoms with Crippen LogP contribution < -0.4 is 15.4 Å². The molecule has 1 heterocycles. The van der Waals surface area contributed by atoms with Crippen molar-refractivity contribution in [2.24, 2.45) is 0 Å². The summed E-state index contributed by atoms with van der Waals surface area (Å²) in [6.45, 7) is 1.99. The molecule has 2 N–H and O–H groups in total. The van der Waals surface area contributed by atoms with E-state index in [1.807, 2.05) is 12.1 Å². The average molecular weight is 268 g/mol. The van der Waals surface area contributed by atoms with Crippen LogP contribution in [0.25, 0.3) is 0 Å². The topological polar surface area (TPSA) is 33.3 Å². The van der Waals surface area contributed by atoms with Crippen molar-refractivity contribution in [3.8, 4) is 5.75 Å². The van der Waals surface area contributed by atoms with Crippen LogP contribution in [0.3, 0.4) is 0 Å². The van der Waals surface area contributed by atoms with Gasteiger partial charge in [-0.05, 0) is 48.4 Å². The lowest BCUT2D eigenvalue weighted by molar-refractivity contribution is 0.415. The number of hydrogen-bond donors (Lipinski definition) is 2. The van der Waals surface area contributed by atoms with Gasteiger partial charge in [-0.2, -0.15) is 0 Å². The van der Waals surface area contributed by atoms with Crippen molar-refractivity contribution in [1.29, 1.82) is 0 Å². The lowest BCUT2D eigenvalue weighted by Crippen LogP contribution is -2.15. The van der Waals surface area contributed by atoms with Gasteiger partial charge in [-0.25, -0.2) is 0 Å². The van der Waals surface area contributed by atoms with Crippen molar-refractivity contribution in [3.05, 3.63) is 59.7 Å². The van der Waals surface area contributed by atoms with E-state index in [4.69, 9.17) is 4.74 Å². The van der Waals surface area contributed by atoms with Gasteiger partial charge in [0, 0.05) is 12.2 Å². The van der Waals surface area contributed by atoms with Crippen LogP contribution >= 0.6 is 0 Å². The fourth-order valence-corrected chi connectivity index (χ4v) is 2.70. The molecule has 1 atom stereocenters. The first kappa shape index (κ1) is 13.0. The number of anilines is 1. The summed E-state index contributed by atoms with van der Waals surface area (Å²) in [5.74, 6) is 0.887. The largest absolute Gasteiger partial charge is 0.497 e. The van der Waals surface area contributed by atoms with Crippen LogP contribution in [0.1, 0.15) is 23.6 Å². The summed E-state index contributed by atoms with van der Waals surface area (Å²) in [5, 5.41) is 7.11. The van der Waals surface area contributed by atoms with Gasteiger partial charge in [-0.15, -0.1) is 0 Å². The second-order valence-corrected chi connectivity index (χ2v) is 5.09. The maximum atomic E-state index is 5.20. The minimum atomic E-state index is 0.356. The van der Waals surface area contributed by atoms with Gasteiger partial charge in [-0.3, -0.25) is 0 Å². The van der Waals surface area contributed by atoms with Crippen molar-refractivity contribution in [2.75, 3.05) is 19.0 Å². The van der Waals surface area contributed by atoms with Crippen molar-refractivity contribution in [1.82, 2.24) is 5.32 Å². The van der Waals surface area contributed by atoms with Gasteiger partial charge in [0.25, 0.3) is 0 Å². The van der Waals surface area contributed by atoms with Gasteiger partial charge in [-0.1, -0.05) is 24.3 Å². The van der Waals surface area contributed by atoms with E-state index >= 15 is 0 Å². The van der Waals surface area contributed by atoms with Crippen molar-refractivity contribution in [3.63, 3.8) is 0 Å². The maximum absolute atomic E-state index is 5.20. The monoisotopic (exact) mass is 268 g/mol. The van der Waals surface area contributed by atoms with Crippen LogP contribution in [0.5, 0.6) is 5.75 Å². The third-order valence-electron chi connectivity index (χ3n) is 3.79. The molecule has 3 nitrogen and oxygen atoms in total. The number of methoxy groups -OCH3 is 1. The Morgan fingerprint density at radius 1 is 1.10 bits per heavy atom. The van der Waals surface area contributed by atoms with E-state index in [0.29, 0.717) is 6.04 Å². The van der Waals surface area contributed by atoms with E-state index in [1.165, 1.54) is 11.1 Å². The molecule has 2 aromatic carbocycles. The van der Waals surface area contributed by atoms with Crippen LogP contribution in [-0.4, -0.2) is 13.7 Å². The highest BCUT2D eigenvalue weighted by Crippen LogP contribution is 2.28. The summed E-state index contributed by atoms with van der Waals surface area (Å²) in [6, 6.07) is 17.1. The Morgan fingerprint density at radius 2 is 1.90 bits per heavy atom. The molecule has 104 valence electrons.